The Hall–Kier alpha value is -4.14. The summed E-state index contributed by atoms with van der Waals surface area (Å²) in [5.41, 5.74) is 1.65. The molecule has 6 rings (SSSR count). The summed E-state index contributed by atoms with van der Waals surface area (Å²) in [6, 6.07) is 3.78. The summed E-state index contributed by atoms with van der Waals surface area (Å²) in [7, 11) is -3.89. The number of cyclic esters (lactones) is 1. The Balaban J connectivity index is 1.25. The van der Waals surface area contributed by atoms with E-state index in [9.17, 15) is 32.4 Å². The highest BCUT2D eigenvalue weighted by Crippen LogP contribution is 2.45. The number of nitrogens with one attached hydrogen (secondary N) is 3. The lowest BCUT2D eigenvalue weighted by Gasteiger charge is -2.29. The fourth-order valence-electron chi connectivity index (χ4n) is 7.10. The number of fused-ring (bicyclic) bond motifs is 3. The second-order valence-corrected chi connectivity index (χ2v) is 15.7. The number of nitrogens with zero attached hydrogens (tertiary/aromatic N) is 2. The number of aryl methyl sites for hydroxylation is 1. The van der Waals surface area contributed by atoms with Crippen LogP contribution in [0.3, 0.4) is 0 Å². The smallest absolute Gasteiger partial charge is 0.410 e. The van der Waals surface area contributed by atoms with Gasteiger partial charge in [0, 0.05) is 25.4 Å². The molecule has 5 atom stereocenters. The van der Waals surface area contributed by atoms with Crippen molar-refractivity contribution in [3.05, 3.63) is 47.5 Å². The molecule has 15 heteroatoms. The molecule has 4 bridgehead atoms. The fourth-order valence-corrected chi connectivity index (χ4v) is 8.46. The van der Waals surface area contributed by atoms with Crippen molar-refractivity contribution in [1.82, 2.24) is 25.2 Å². The number of benzene rings is 1. The molecule has 0 spiro atoms. The van der Waals surface area contributed by atoms with Crippen molar-refractivity contribution >= 4 is 39.9 Å². The highest BCUT2D eigenvalue weighted by molar-refractivity contribution is 7.91. The van der Waals surface area contributed by atoms with Crippen LogP contribution in [0, 0.1) is 5.92 Å². The van der Waals surface area contributed by atoms with E-state index in [-0.39, 0.29) is 32.4 Å². The molecule has 2 aliphatic carbocycles. The second-order valence-electron chi connectivity index (χ2n) is 13.8. The summed E-state index contributed by atoms with van der Waals surface area (Å²) in [5.74, 6) is -2.62. The molecule has 49 heavy (non-hydrogen) atoms. The van der Waals surface area contributed by atoms with Gasteiger partial charge in [-0.1, -0.05) is 44.0 Å². The van der Waals surface area contributed by atoms with Gasteiger partial charge in [0.15, 0.2) is 0 Å². The van der Waals surface area contributed by atoms with E-state index in [4.69, 9.17) is 9.47 Å². The van der Waals surface area contributed by atoms with Crippen LogP contribution in [-0.2, 0) is 53.4 Å². The van der Waals surface area contributed by atoms with Crippen molar-refractivity contribution < 1.29 is 41.9 Å². The largest absolute Gasteiger partial charge is 0.450 e. The Morgan fingerprint density at radius 2 is 1.92 bits per heavy atom. The van der Waals surface area contributed by atoms with Crippen LogP contribution in [0.25, 0.3) is 0 Å². The van der Waals surface area contributed by atoms with Gasteiger partial charge < -0.3 is 25.0 Å². The van der Waals surface area contributed by atoms with E-state index in [0.29, 0.717) is 38.8 Å². The third kappa shape index (κ3) is 7.41. The zero-order valence-corrected chi connectivity index (χ0v) is 28.6. The first-order valence-corrected chi connectivity index (χ1v) is 18.8. The molecule has 0 unspecified atom stereocenters. The minimum atomic E-state index is -3.89. The highest BCUT2D eigenvalue weighted by Gasteiger charge is 2.62. The Bertz CT molecular complexity index is 1630. The molecule has 0 radical (unpaired) electrons. The third-order valence-electron chi connectivity index (χ3n) is 10.2. The number of unbranched alkanes of at least 4 members (excludes halogenated alkanes) is 1. The number of hydrogen-bond acceptors (Lipinski definition) is 9. The molecule has 1 saturated heterocycles. The average Bonchev–Trinajstić information content (AvgIpc) is 3.96. The molecule has 3 heterocycles. The zero-order valence-electron chi connectivity index (χ0n) is 27.8. The summed E-state index contributed by atoms with van der Waals surface area (Å²) < 4.78 is 38.7. The van der Waals surface area contributed by atoms with Crippen molar-refractivity contribution in [1.29, 1.82) is 0 Å². The lowest BCUT2D eigenvalue weighted by Crippen LogP contribution is -2.58. The Labute approximate surface area is 286 Å². The van der Waals surface area contributed by atoms with E-state index in [0.717, 1.165) is 36.0 Å². The molecular formula is C34H45N5O9S. The van der Waals surface area contributed by atoms with Gasteiger partial charge in [-0.25, -0.2) is 18.0 Å². The summed E-state index contributed by atoms with van der Waals surface area (Å²) in [5, 5.41) is 4.78. The van der Waals surface area contributed by atoms with Gasteiger partial charge >= 0.3 is 12.2 Å². The van der Waals surface area contributed by atoms with Gasteiger partial charge in [0.2, 0.25) is 21.8 Å². The van der Waals surface area contributed by atoms with Crippen LogP contribution in [0.1, 0.15) is 81.4 Å². The van der Waals surface area contributed by atoms with E-state index in [1.807, 2.05) is 25.1 Å². The zero-order chi connectivity index (χ0) is 34.9. The van der Waals surface area contributed by atoms with E-state index in [1.54, 1.807) is 4.90 Å². The van der Waals surface area contributed by atoms with Crippen LogP contribution in [0.4, 0.5) is 9.59 Å². The molecule has 5 amide bonds. The standard InChI is InChI=1S/C34H45N5O9S/c1-3-5-12-27-30(41)39-19-24(16-28(39)29(40)36-34(17-23(34)4-2)31(42)37-49(45,46)25-13-14-25)48-33(44)38-18-22-11-8-10-21(26(22)20-38)9-6-7-15-47-32(43)35-27/h4,8,10-11,23-25,27-28H,2-3,5-7,9,12-20H2,1H3,(H,35,43)(H,36,40)(H,37,42)/t23-,24-,27+,28+,34-/m1/s1. The fraction of sp³-hybridized carbons (Fsp3) is 0.618. The van der Waals surface area contributed by atoms with Crippen LogP contribution in [0.5, 0.6) is 0 Å². The van der Waals surface area contributed by atoms with Gasteiger partial charge in [-0.05, 0) is 61.6 Å². The van der Waals surface area contributed by atoms with E-state index < -0.39 is 74.8 Å². The maximum Gasteiger partial charge on any atom is 0.410 e. The Morgan fingerprint density at radius 1 is 1.14 bits per heavy atom. The first-order chi connectivity index (χ1) is 23.5. The van der Waals surface area contributed by atoms with Gasteiger partial charge in [-0.15, -0.1) is 6.58 Å². The van der Waals surface area contributed by atoms with E-state index in [2.05, 4.69) is 21.9 Å². The van der Waals surface area contributed by atoms with Crippen LogP contribution in [-0.4, -0.2) is 90.3 Å². The van der Waals surface area contributed by atoms with Gasteiger partial charge in [0.05, 0.1) is 18.4 Å². The van der Waals surface area contributed by atoms with Crippen molar-refractivity contribution in [2.75, 3.05) is 13.2 Å². The SMILES string of the molecule is C=C[C@@H]1C[C@]1(NC(=O)[C@@H]1C[C@@H]2CN1C(=O)[C@H](CCCC)NC(=O)OCCCCc1cccc3c1CN(C3)C(=O)O2)C(=O)NS(=O)(=O)C1CC1. The predicted molar refractivity (Wildman–Crippen MR) is 176 cm³/mol. The Morgan fingerprint density at radius 3 is 2.63 bits per heavy atom. The number of ether oxygens (including phenoxy) is 2. The second kappa shape index (κ2) is 14.0. The van der Waals surface area contributed by atoms with Crippen LogP contribution < -0.4 is 15.4 Å². The molecule has 266 valence electrons. The average molecular weight is 700 g/mol. The molecule has 3 aliphatic heterocycles. The number of carbonyl (C=O) groups is 5. The first kappa shape index (κ1) is 34.7. The number of rotatable bonds is 9. The summed E-state index contributed by atoms with van der Waals surface area (Å²) >= 11 is 0. The Kier molecular flexibility index (Phi) is 9.92. The minimum Gasteiger partial charge on any atom is -0.450 e. The summed E-state index contributed by atoms with van der Waals surface area (Å²) in [6.45, 7) is 6.47. The van der Waals surface area contributed by atoms with Gasteiger partial charge in [-0.2, -0.15) is 0 Å². The van der Waals surface area contributed by atoms with E-state index in [1.165, 1.54) is 11.0 Å². The molecule has 2 saturated carbocycles. The monoisotopic (exact) mass is 699 g/mol. The third-order valence-corrected chi connectivity index (χ3v) is 12.0. The van der Waals surface area contributed by atoms with Gasteiger partial charge in [0.25, 0.3) is 5.91 Å². The number of carbonyl (C=O) groups excluding carboxylic acids is 5. The van der Waals surface area contributed by atoms with Crippen molar-refractivity contribution in [3.63, 3.8) is 0 Å². The van der Waals surface area contributed by atoms with Crippen LogP contribution >= 0.6 is 0 Å². The molecule has 1 aromatic carbocycles. The molecular weight excluding hydrogens is 654 g/mol. The maximum atomic E-state index is 14.1. The van der Waals surface area contributed by atoms with Gasteiger partial charge in [-0.3, -0.25) is 24.0 Å². The molecule has 0 aromatic heterocycles. The molecule has 14 nitrogen and oxygen atoms in total. The topological polar surface area (TPSA) is 181 Å². The summed E-state index contributed by atoms with van der Waals surface area (Å²) in [6.07, 6.45) is 4.06. The lowest BCUT2D eigenvalue weighted by atomic mass is 9.99. The lowest BCUT2D eigenvalue weighted by molar-refractivity contribution is -0.141. The molecule has 5 aliphatic rings. The number of hydrogen-bond donors (Lipinski definition) is 3. The number of amides is 5. The maximum absolute atomic E-state index is 14.1. The van der Waals surface area contributed by atoms with Crippen molar-refractivity contribution in [2.45, 2.75) is 113 Å². The first-order valence-electron chi connectivity index (χ1n) is 17.2. The van der Waals surface area contributed by atoms with Crippen LogP contribution in [0.2, 0.25) is 0 Å². The van der Waals surface area contributed by atoms with Gasteiger partial charge in [0.1, 0.15) is 23.7 Å². The summed E-state index contributed by atoms with van der Waals surface area (Å²) in [4.78, 5) is 70.7. The quantitative estimate of drug-likeness (QED) is 0.326. The predicted octanol–water partition coefficient (Wildman–Crippen LogP) is 2.40. The normalized spacial score (nSPS) is 28.8. The molecule has 3 fully saturated rings. The number of sulfonamides is 1. The van der Waals surface area contributed by atoms with Crippen molar-refractivity contribution in [2.24, 2.45) is 5.92 Å². The minimum absolute atomic E-state index is 0.0584. The molecule has 1 aromatic rings. The molecule has 3 N–H and O–H groups in total. The van der Waals surface area contributed by atoms with E-state index >= 15 is 0 Å². The van der Waals surface area contributed by atoms with Crippen LogP contribution in [0.15, 0.2) is 30.9 Å². The highest BCUT2D eigenvalue weighted by atomic mass is 32.2. The van der Waals surface area contributed by atoms with Crippen molar-refractivity contribution in [3.8, 4) is 0 Å². The number of alkyl carbamates (subject to hydrolysis) is 1.